The first-order valence-electron chi connectivity index (χ1n) is 6.19. The van der Waals surface area contributed by atoms with E-state index in [0.29, 0.717) is 6.54 Å². The van der Waals surface area contributed by atoms with Gasteiger partial charge in [-0.2, -0.15) is 0 Å². The number of esters is 1. The molecular formula is C13H15N5O3. The van der Waals surface area contributed by atoms with Crippen molar-refractivity contribution in [3.63, 3.8) is 0 Å². The molecule has 0 aliphatic carbocycles. The number of rotatable bonds is 4. The summed E-state index contributed by atoms with van der Waals surface area (Å²) in [6.07, 6.45) is 0. The molecule has 1 aliphatic rings. The van der Waals surface area contributed by atoms with E-state index in [9.17, 15) is 9.59 Å². The van der Waals surface area contributed by atoms with Gasteiger partial charge >= 0.3 is 5.97 Å². The van der Waals surface area contributed by atoms with E-state index in [0.717, 1.165) is 11.1 Å². The Kier molecular flexibility index (Phi) is 4.50. The number of hydrogen-bond acceptors (Lipinski definition) is 7. The van der Waals surface area contributed by atoms with Gasteiger partial charge in [0.05, 0.1) is 7.11 Å². The second-order valence-electron chi connectivity index (χ2n) is 4.30. The van der Waals surface area contributed by atoms with Gasteiger partial charge in [0.2, 0.25) is 5.84 Å². The molecule has 0 saturated carbocycles. The fraction of sp³-hybridized carbons (Fsp3) is 0.231. The van der Waals surface area contributed by atoms with Crippen LogP contribution in [0.15, 0.2) is 34.5 Å². The third-order valence-electron chi connectivity index (χ3n) is 2.71. The lowest BCUT2D eigenvalue weighted by Gasteiger charge is -2.13. The molecule has 1 aromatic rings. The van der Waals surface area contributed by atoms with Crippen molar-refractivity contribution in [3.05, 3.63) is 35.4 Å². The third kappa shape index (κ3) is 3.78. The Morgan fingerprint density at radius 1 is 1.14 bits per heavy atom. The van der Waals surface area contributed by atoms with Crippen molar-refractivity contribution in [2.45, 2.75) is 13.5 Å². The summed E-state index contributed by atoms with van der Waals surface area (Å²) < 4.78 is 4.46. The second-order valence-corrected chi connectivity index (χ2v) is 4.30. The van der Waals surface area contributed by atoms with E-state index in [1.165, 1.54) is 7.11 Å². The molecule has 0 bridgehead atoms. The van der Waals surface area contributed by atoms with Crippen molar-refractivity contribution in [2.75, 3.05) is 7.11 Å². The number of nitrogens with zero attached hydrogens (tertiary/aromatic N) is 2. The Morgan fingerprint density at radius 3 is 2.33 bits per heavy atom. The number of carbonyl (C=O) groups excluding carboxylic acids is 2. The fourth-order valence-electron chi connectivity index (χ4n) is 1.53. The molecule has 0 fully saturated rings. The van der Waals surface area contributed by atoms with E-state index >= 15 is 0 Å². The van der Waals surface area contributed by atoms with Crippen LogP contribution in [0.2, 0.25) is 0 Å². The molecule has 21 heavy (non-hydrogen) atoms. The average molecular weight is 289 g/mol. The monoisotopic (exact) mass is 289 g/mol. The summed E-state index contributed by atoms with van der Waals surface area (Å²) in [5.41, 5.74) is 6.86. The van der Waals surface area contributed by atoms with E-state index in [4.69, 9.17) is 0 Å². The summed E-state index contributed by atoms with van der Waals surface area (Å²) in [6.45, 7) is 2.36. The fourth-order valence-corrected chi connectivity index (χ4v) is 1.53. The van der Waals surface area contributed by atoms with Crippen molar-refractivity contribution >= 4 is 23.5 Å². The average Bonchev–Trinajstić information content (AvgIpc) is 2.53. The summed E-state index contributed by atoms with van der Waals surface area (Å²) in [5.74, 6) is -1.26. The molecule has 0 spiro atoms. The minimum absolute atomic E-state index is 0.0326. The van der Waals surface area contributed by atoms with Gasteiger partial charge in [-0.05, 0) is 12.5 Å². The van der Waals surface area contributed by atoms with E-state index in [2.05, 4.69) is 31.1 Å². The normalized spacial score (nSPS) is 13.2. The third-order valence-corrected chi connectivity index (χ3v) is 2.71. The largest absolute Gasteiger partial charge is 0.463 e. The highest BCUT2D eigenvalue weighted by molar-refractivity contribution is 6.41. The Balaban J connectivity index is 1.86. The van der Waals surface area contributed by atoms with Crippen LogP contribution in [0.4, 0.5) is 0 Å². The zero-order valence-electron chi connectivity index (χ0n) is 11.6. The first-order chi connectivity index (χ1) is 10.1. The van der Waals surface area contributed by atoms with Crippen LogP contribution in [0, 0.1) is 6.92 Å². The topological polar surface area (TPSA) is 104 Å². The molecular weight excluding hydrogens is 274 g/mol. The standard InChI is InChI=1S/C13H15N5O3/c1-8-3-5-9(6-4-8)7-14-12(19)10-15-17-11(18-16-10)13(20)21-2/h3-6H,7H2,1-2H3,(H,14,19)(H,15,16)(H,17,18). The Morgan fingerprint density at radius 2 is 1.76 bits per heavy atom. The Labute approximate surface area is 121 Å². The van der Waals surface area contributed by atoms with E-state index < -0.39 is 11.9 Å². The zero-order chi connectivity index (χ0) is 15.2. The van der Waals surface area contributed by atoms with Gasteiger partial charge in [0, 0.05) is 6.54 Å². The number of hydrazone groups is 2. The number of methoxy groups -OCH3 is 1. The van der Waals surface area contributed by atoms with Gasteiger partial charge in [-0.3, -0.25) is 15.6 Å². The molecule has 1 heterocycles. The predicted octanol–water partition coefficient (Wildman–Crippen LogP) is -0.396. The minimum atomic E-state index is -0.676. The molecule has 0 atom stereocenters. The van der Waals surface area contributed by atoms with Crippen molar-refractivity contribution in [3.8, 4) is 0 Å². The van der Waals surface area contributed by atoms with Gasteiger partial charge in [-0.15, -0.1) is 10.2 Å². The van der Waals surface area contributed by atoms with Crippen LogP contribution in [-0.2, 0) is 20.9 Å². The molecule has 1 aromatic carbocycles. The van der Waals surface area contributed by atoms with Crippen LogP contribution in [0.25, 0.3) is 0 Å². The first kappa shape index (κ1) is 14.5. The van der Waals surface area contributed by atoms with Gasteiger partial charge < -0.3 is 10.1 Å². The highest BCUT2D eigenvalue weighted by Gasteiger charge is 2.19. The van der Waals surface area contributed by atoms with Crippen LogP contribution in [-0.4, -0.2) is 30.7 Å². The van der Waals surface area contributed by atoms with E-state index in [1.807, 2.05) is 31.2 Å². The highest BCUT2D eigenvalue weighted by atomic mass is 16.5. The lowest BCUT2D eigenvalue weighted by molar-refractivity contribution is -0.133. The first-order valence-corrected chi connectivity index (χ1v) is 6.19. The summed E-state index contributed by atoms with van der Waals surface area (Å²) in [7, 11) is 1.22. The molecule has 2 rings (SSSR count). The number of ether oxygens (including phenoxy) is 1. The van der Waals surface area contributed by atoms with Gasteiger partial charge in [-0.1, -0.05) is 29.8 Å². The van der Waals surface area contributed by atoms with Gasteiger partial charge in [0.1, 0.15) is 0 Å². The Bertz CT molecular complexity index is 607. The molecule has 1 aliphatic heterocycles. The summed E-state index contributed by atoms with van der Waals surface area (Å²) >= 11 is 0. The number of aryl methyl sites for hydroxylation is 1. The maximum atomic E-state index is 11.9. The molecule has 1 amide bonds. The van der Waals surface area contributed by atoms with Crippen LogP contribution in [0.5, 0.6) is 0 Å². The van der Waals surface area contributed by atoms with E-state index in [1.54, 1.807) is 0 Å². The number of hydrogen-bond donors (Lipinski definition) is 3. The molecule has 0 radical (unpaired) electrons. The zero-order valence-corrected chi connectivity index (χ0v) is 11.6. The highest BCUT2D eigenvalue weighted by Crippen LogP contribution is 2.02. The van der Waals surface area contributed by atoms with E-state index in [-0.39, 0.29) is 11.7 Å². The predicted molar refractivity (Wildman–Crippen MR) is 76.2 cm³/mol. The number of carbonyl (C=O) groups is 2. The van der Waals surface area contributed by atoms with Crippen molar-refractivity contribution < 1.29 is 14.3 Å². The lowest BCUT2D eigenvalue weighted by Crippen LogP contribution is -2.45. The summed E-state index contributed by atoms with van der Waals surface area (Å²) in [6, 6.07) is 7.79. The molecule has 0 unspecified atom stereocenters. The van der Waals surface area contributed by atoms with Crippen molar-refractivity contribution in [2.24, 2.45) is 10.2 Å². The maximum absolute atomic E-state index is 11.9. The molecule has 8 nitrogen and oxygen atoms in total. The maximum Gasteiger partial charge on any atom is 0.377 e. The SMILES string of the molecule is COC(=O)C1=NNC(C(=O)NCc2ccc(C)cc2)=NN1. The molecule has 0 saturated heterocycles. The number of nitrogens with one attached hydrogen (secondary N) is 3. The number of benzene rings is 1. The van der Waals surface area contributed by atoms with Crippen LogP contribution in [0.3, 0.4) is 0 Å². The molecule has 0 aromatic heterocycles. The van der Waals surface area contributed by atoms with Crippen molar-refractivity contribution in [1.29, 1.82) is 0 Å². The molecule has 110 valence electrons. The van der Waals surface area contributed by atoms with Crippen LogP contribution < -0.4 is 16.2 Å². The summed E-state index contributed by atoms with van der Waals surface area (Å²) in [5, 5.41) is 10.1. The quantitative estimate of drug-likeness (QED) is 0.655. The Hall–Kier alpha value is -2.90. The van der Waals surface area contributed by atoms with Crippen LogP contribution >= 0.6 is 0 Å². The molecule has 8 heteroatoms. The smallest absolute Gasteiger partial charge is 0.377 e. The van der Waals surface area contributed by atoms with Crippen molar-refractivity contribution in [1.82, 2.24) is 16.2 Å². The van der Waals surface area contributed by atoms with Gasteiger partial charge in [-0.25, -0.2) is 4.79 Å². The number of amides is 1. The number of amidine groups is 2. The van der Waals surface area contributed by atoms with Gasteiger partial charge in [0.25, 0.3) is 11.7 Å². The lowest BCUT2D eigenvalue weighted by atomic mass is 10.1. The van der Waals surface area contributed by atoms with Gasteiger partial charge in [0.15, 0.2) is 0 Å². The minimum Gasteiger partial charge on any atom is -0.463 e. The molecule has 3 N–H and O–H groups in total. The van der Waals surface area contributed by atoms with Crippen LogP contribution in [0.1, 0.15) is 11.1 Å². The summed E-state index contributed by atoms with van der Waals surface area (Å²) in [4.78, 5) is 23.0. The second kappa shape index (κ2) is 6.51.